The molecule has 3 aliphatic heterocycles. The molecular formula is C35H39Cl2N3O7. The summed E-state index contributed by atoms with van der Waals surface area (Å²) in [6.45, 7) is 4.58. The lowest BCUT2D eigenvalue weighted by molar-refractivity contribution is -0.144. The van der Waals surface area contributed by atoms with Gasteiger partial charge in [0.2, 0.25) is 5.91 Å². The van der Waals surface area contributed by atoms with Crippen LogP contribution in [0.5, 0.6) is 0 Å². The highest BCUT2D eigenvalue weighted by molar-refractivity contribution is 6.36. The number of aliphatic carboxylic acids is 1. The number of benzene rings is 2. The molecule has 1 saturated carbocycles. The van der Waals surface area contributed by atoms with Crippen molar-refractivity contribution in [1.82, 2.24) is 9.80 Å². The molecule has 12 heteroatoms. The van der Waals surface area contributed by atoms with Crippen LogP contribution < -0.4 is 5.32 Å². The second kappa shape index (κ2) is 13.8. The normalized spacial score (nSPS) is 27.7. The number of rotatable bonds is 9. The summed E-state index contributed by atoms with van der Waals surface area (Å²) in [6, 6.07) is 10.6. The van der Waals surface area contributed by atoms with Gasteiger partial charge in [-0.15, -0.1) is 0 Å². The van der Waals surface area contributed by atoms with Crippen molar-refractivity contribution in [2.45, 2.75) is 56.7 Å². The summed E-state index contributed by atoms with van der Waals surface area (Å²) in [5, 5.41) is 13.5. The summed E-state index contributed by atoms with van der Waals surface area (Å²) in [7, 11) is 0. The number of carbonyl (C=O) groups excluding carboxylic acids is 2. The van der Waals surface area contributed by atoms with Crippen LogP contribution in [0.3, 0.4) is 0 Å². The monoisotopic (exact) mass is 683 g/mol. The fourth-order valence-corrected chi connectivity index (χ4v) is 8.26. The molecule has 0 unspecified atom stereocenters. The zero-order valence-electron chi connectivity index (χ0n) is 26.0. The summed E-state index contributed by atoms with van der Waals surface area (Å²) >= 11 is 13.3. The number of carboxylic acids is 1. The van der Waals surface area contributed by atoms with E-state index in [4.69, 9.17) is 37.1 Å². The summed E-state index contributed by atoms with van der Waals surface area (Å²) in [6.07, 6.45) is 4.95. The van der Waals surface area contributed by atoms with Gasteiger partial charge in [0.25, 0.3) is 5.91 Å². The zero-order valence-corrected chi connectivity index (χ0v) is 27.5. The van der Waals surface area contributed by atoms with Crippen LogP contribution in [-0.4, -0.2) is 90.3 Å². The average molecular weight is 685 g/mol. The fourth-order valence-electron chi connectivity index (χ4n) is 7.79. The molecule has 0 spiro atoms. The van der Waals surface area contributed by atoms with Gasteiger partial charge < -0.3 is 29.2 Å². The van der Waals surface area contributed by atoms with E-state index in [1.165, 1.54) is 6.26 Å². The first-order valence-corrected chi connectivity index (χ1v) is 17.2. The van der Waals surface area contributed by atoms with Crippen LogP contribution in [-0.2, 0) is 25.5 Å². The van der Waals surface area contributed by atoms with Crippen LogP contribution in [0.25, 0.3) is 11.0 Å². The van der Waals surface area contributed by atoms with Crippen molar-refractivity contribution in [1.29, 1.82) is 0 Å². The van der Waals surface area contributed by atoms with Gasteiger partial charge in [0.05, 0.1) is 60.6 Å². The van der Waals surface area contributed by atoms with Gasteiger partial charge in [-0.05, 0) is 55.9 Å². The lowest BCUT2D eigenvalue weighted by Gasteiger charge is -2.30. The smallest absolute Gasteiger partial charge is 0.306 e. The second-order valence-electron chi connectivity index (χ2n) is 13.4. The zero-order chi connectivity index (χ0) is 32.7. The van der Waals surface area contributed by atoms with Crippen LogP contribution in [0, 0.1) is 17.8 Å². The van der Waals surface area contributed by atoms with E-state index in [0.29, 0.717) is 83.5 Å². The molecule has 3 saturated heterocycles. The number of likely N-dealkylation sites (tertiary alicyclic amines) is 2. The number of para-hydroxylation sites is 1. The molecule has 47 heavy (non-hydrogen) atoms. The Labute approximate surface area is 283 Å². The number of hydrogen-bond donors (Lipinski definition) is 2. The Hall–Kier alpha value is -3.15. The van der Waals surface area contributed by atoms with Gasteiger partial charge in [-0.3, -0.25) is 19.3 Å². The van der Waals surface area contributed by atoms with Gasteiger partial charge in [0, 0.05) is 47.9 Å². The Morgan fingerprint density at radius 3 is 2.47 bits per heavy atom. The first kappa shape index (κ1) is 32.4. The largest absolute Gasteiger partial charge is 0.481 e. The van der Waals surface area contributed by atoms with Crippen molar-refractivity contribution < 1.29 is 33.4 Å². The van der Waals surface area contributed by atoms with Gasteiger partial charge in [-0.2, -0.15) is 0 Å². The van der Waals surface area contributed by atoms with Crippen LogP contribution >= 0.6 is 23.2 Å². The third-order valence-electron chi connectivity index (χ3n) is 10.5. The number of halogens is 2. The molecule has 0 bridgehead atoms. The lowest BCUT2D eigenvalue weighted by atomic mass is 9.87. The third kappa shape index (κ3) is 6.89. The molecule has 3 aromatic rings. The van der Waals surface area contributed by atoms with Gasteiger partial charge >= 0.3 is 5.97 Å². The molecule has 4 fully saturated rings. The van der Waals surface area contributed by atoms with E-state index < -0.39 is 5.97 Å². The Balaban J connectivity index is 1.02. The highest BCUT2D eigenvalue weighted by Gasteiger charge is 2.45. The molecule has 10 nitrogen and oxygen atoms in total. The second-order valence-corrected chi connectivity index (χ2v) is 14.3. The Kier molecular flexibility index (Phi) is 9.49. The number of carbonyl (C=O) groups is 3. The van der Waals surface area contributed by atoms with Crippen molar-refractivity contribution >= 4 is 57.6 Å². The maximum Gasteiger partial charge on any atom is 0.306 e. The number of furan rings is 1. The number of nitrogens with one attached hydrogen (secondary N) is 1. The van der Waals surface area contributed by atoms with E-state index in [1.807, 2.05) is 23.1 Å². The van der Waals surface area contributed by atoms with Crippen molar-refractivity contribution in [3.8, 4) is 0 Å². The van der Waals surface area contributed by atoms with E-state index in [-0.39, 0.29) is 47.4 Å². The number of anilines is 1. The first-order chi connectivity index (χ1) is 22.7. The molecule has 2 aromatic carbocycles. The van der Waals surface area contributed by atoms with Crippen LogP contribution in [0.2, 0.25) is 10.0 Å². The minimum Gasteiger partial charge on any atom is -0.481 e. The molecule has 1 aliphatic carbocycles. The van der Waals surface area contributed by atoms with Crippen LogP contribution in [0.15, 0.2) is 47.1 Å². The van der Waals surface area contributed by atoms with E-state index in [1.54, 1.807) is 18.2 Å². The molecule has 4 atom stereocenters. The minimum absolute atomic E-state index is 0.000869. The molecular weight excluding hydrogens is 645 g/mol. The standard InChI is InChI=1S/C35H39Cl2N3O7/c36-29-12-31(38-34(42)28-19-47-32-4-2-1-3-27(28)32)30(37)9-21(29)10-33(41)40-15-24(39-13-22-16-45-17-23(22)14-39)11-25(40)18-46-26-7-5-20(6-8-26)35(43)44/h1-4,9,12,19-20,22-26H,5-8,10-11,13-18H2,(H,38,42)(H,43,44)/t20?,22-,23+,24-,25-,26?/m0/s1. The van der Waals surface area contributed by atoms with Crippen molar-refractivity contribution in [2.24, 2.45) is 17.8 Å². The number of carboxylic acid groups (broad SMARTS) is 1. The topological polar surface area (TPSA) is 122 Å². The Morgan fingerprint density at radius 1 is 0.979 bits per heavy atom. The molecule has 1 aromatic heterocycles. The number of ether oxygens (including phenoxy) is 2. The van der Waals surface area contributed by atoms with Crippen LogP contribution in [0.4, 0.5) is 5.69 Å². The number of hydrogen-bond acceptors (Lipinski definition) is 7. The van der Waals surface area contributed by atoms with Gasteiger partial charge in [-0.25, -0.2) is 0 Å². The lowest BCUT2D eigenvalue weighted by Crippen LogP contribution is -2.41. The molecule has 0 radical (unpaired) electrons. The Morgan fingerprint density at radius 2 is 1.72 bits per heavy atom. The quantitative estimate of drug-likeness (QED) is 0.293. The van der Waals surface area contributed by atoms with E-state index in [2.05, 4.69) is 10.2 Å². The predicted octanol–water partition coefficient (Wildman–Crippen LogP) is 5.74. The number of fused-ring (bicyclic) bond motifs is 2. The first-order valence-electron chi connectivity index (χ1n) is 16.4. The fraction of sp³-hybridized carbons (Fsp3) is 0.514. The summed E-state index contributed by atoms with van der Waals surface area (Å²) in [4.78, 5) is 42.9. The third-order valence-corrected chi connectivity index (χ3v) is 11.2. The molecule has 250 valence electrons. The summed E-state index contributed by atoms with van der Waals surface area (Å²) in [5.74, 6) is -0.378. The number of amides is 2. The van der Waals surface area contributed by atoms with E-state index in [0.717, 1.165) is 32.7 Å². The van der Waals surface area contributed by atoms with Crippen molar-refractivity contribution in [2.75, 3.05) is 44.8 Å². The van der Waals surface area contributed by atoms with E-state index in [9.17, 15) is 19.5 Å². The summed E-state index contributed by atoms with van der Waals surface area (Å²) < 4.78 is 17.5. The summed E-state index contributed by atoms with van der Waals surface area (Å²) in [5.41, 5.74) is 1.91. The molecule has 4 heterocycles. The van der Waals surface area contributed by atoms with Crippen molar-refractivity contribution in [3.05, 3.63) is 63.8 Å². The van der Waals surface area contributed by atoms with Gasteiger partial charge in [-0.1, -0.05) is 41.4 Å². The SMILES string of the molecule is O=C(Nc1cc(Cl)c(CC(=O)N2C[C@@H](N3C[C@H]4COC[C@H]4C3)C[C@H]2COC2CCC(C(=O)O)CC2)cc1Cl)c1coc2ccccc12. The van der Waals surface area contributed by atoms with Gasteiger partial charge in [0.15, 0.2) is 0 Å². The molecule has 4 aliphatic rings. The van der Waals surface area contributed by atoms with Crippen molar-refractivity contribution in [3.63, 3.8) is 0 Å². The highest BCUT2D eigenvalue weighted by atomic mass is 35.5. The molecule has 7 rings (SSSR count). The minimum atomic E-state index is -0.736. The van der Waals surface area contributed by atoms with Crippen LogP contribution in [0.1, 0.15) is 48.0 Å². The molecule has 2 N–H and O–H groups in total. The predicted molar refractivity (Wildman–Crippen MR) is 177 cm³/mol. The van der Waals surface area contributed by atoms with E-state index >= 15 is 0 Å². The highest BCUT2D eigenvalue weighted by Crippen LogP contribution is 2.36. The average Bonchev–Trinajstić information content (AvgIpc) is 3.85. The maximum absolute atomic E-state index is 13.9. The van der Waals surface area contributed by atoms with Gasteiger partial charge in [0.1, 0.15) is 11.8 Å². The maximum atomic E-state index is 13.9. The molecule has 2 amide bonds. The number of nitrogens with zero attached hydrogens (tertiary/aromatic N) is 2. The Bertz CT molecular complexity index is 1640.